The first-order chi connectivity index (χ1) is 12.6. The normalized spacial score (nSPS) is 11.2. The summed E-state index contributed by atoms with van der Waals surface area (Å²) in [5, 5.41) is 3.34. The van der Waals surface area contributed by atoms with Gasteiger partial charge in [0, 0.05) is 21.2 Å². The first-order valence-corrected chi connectivity index (χ1v) is 10.7. The monoisotopic (exact) mass is 442 g/mol. The van der Waals surface area contributed by atoms with E-state index in [0.29, 0.717) is 10.5 Å². The van der Waals surface area contributed by atoms with Crippen LogP contribution in [0.3, 0.4) is 0 Å². The molecular weight excluding hydrogens is 428 g/mol. The second kappa shape index (κ2) is 7.39. The zero-order valence-electron chi connectivity index (χ0n) is 14.0. The lowest BCUT2D eigenvalue weighted by atomic mass is 10.1. The molecule has 0 saturated heterocycles. The number of nitrogens with zero attached hydrogens (tertiary/aromatic N) is 1. The quantitative estimate of drug-likeness (QED) is 0.310. The Balaban J connectivity index is 1.65. The van der Waals surface area contributed by atoms with Crippen LogP contribution in [0.5, 0.6) is 0 Å². The fourth-order valence-corrected chi connectivity index (χ4v) is 4.98. The molecule has 4 rings (SSSR count). The molecule has 0 fully saturated rings. The van der Waals surface area contributed by atoms with Crippen LogP contribution < -0.4 is 5.56 Å². The molecule has 2 aromatic heterocycles. The molecule has 26 heavy (non-hydrogen) atoms. The molecule has 0 radical (unpaired) electrons. The first kappa shape index (κ1) is 17.5. The summed E-state index contributed by atoms with van der Waals surface area (Å²) in [4.78, 5) is 21.0. The Morgan fingerprint density at radius 3 is 2.77 bits per heavy atom. The number of benzene rings is 2. The molecule has 4 aromatic rings. The summed E-state index contributed by atoms with van der Waals surface area (Å²) >= 11 is 6.53. The third-order valence-corrected chi connectivity index (χ3v) is 6.36. The van der Waals surface area contributed by atoms with Crippen LogP contribution >= 0.6 is 39.0 Å². The van der Waals surface area contributed by atoms with Gasteiger partial charge in [0.1, 0.15) is 4.83 Å². The molecule has 0 amide bonds. The van der Waals surface area contributed by atoms with Crippen molar-refractivity contribution in [3.8, 4) is 11.1 Å². The van der Waals surface area contributed by atoms with Crippen LogP contribution in [0.25, 0.3) is 21.3 Å². The van der Waals surface area contributed by atoms with Gasteiger partial charge in [0.2, 0.25) is 0 Å². The number of hydrogen-bond donors (Lipinski definition) is 1. The van der Waals surface area contributed by atoms with Crippen LogP contribution in [0.1, 0.15) is 11.1 Å². The van der Waals surface area contributed by atoms with Gasteiger partial charge in [0.25, 0.3) is 5.56 Å². The van der Waals surface area contributed by atoms with Crippen molar-refractivity contribution < 1.29 is 0 Å². The van der Waals surface area contributed by atoms with E-state index in [-0.39, 0.29) is 5.56 Å². The highest BCUT2D eigenvalue weighted by molar-refractivity contribution is 9.10. The van der Waals surface area contributed by atoms with E-state index in [4.69, 9.17) is 0 Å². The van der Waals surface area contributed by atoms with Gasteiger partial charge in [-0.2, -0.15) is 0 Å². The minimum absolute atomic E-state index is 0.0800. The molecule has 0 bridgehead atoms. The molecule has 130 valence electrons. The number of rotatable bonds is 4. The average Bonchev–Trinajstić information content (AvgIpc) is 3.05. The Bertz CT molecular complexity index is 1130. The van der Waals surface area contributed by atoms with Crippen molar-refractivity contribution in [1.29, 1.82) is 0 Å². The Hall–Kier alpha value is -1.89. The molecule has 2 heterocycles. The number of thioether (sulfide) groups is 1. The van der Waals surface area contributed by atoms with Gasteiger partial charge in [0.05, 0.1) is 5.39 Å². The van der Waals surface area contributed by atoms with Crippen LogP contribution in [0, 0.1) is 6.92 Å². The minimum Gasteiger partial charge on any atom is -0.301 e. The molecular formula is C20H15BrN2OS2. The van der Waals surface area contributed by atoms with Gasteiger partial charge in [-0.05, 0) is 30.2 Å². The first-order valence-electron chi connectivity index (χ1n) is 8.06. The summed E-state index contributed by atoms with van der Waals surface area (Å²) in [7, 11) is 0. The zero-order chi connectivity index (χ0) is 18.1. The van der Waals surface area contributed by atoms with E-state index in [0.717, 1.165) is 26.2 Å². The number of hydrogen-bond acceptors (Lipinski definition) is 4. The largest absolute Gasteiger partial charge is 0.301 e. The van der Waals surface area contributed by atoms with Gasteiger partial charge in [-0.1, -0.05) is 69.7 Å². The number of H-pyrrole nitrogens is 1. The fourth-order valence-electron chi connectivity index (χ4n) is 2.72. The standard InChI is InChI=1S/C20H15BrN2OS2/c1-12-5-7-14(8-6-12)16-11-25-19-17(16)18(24)22-20(23-19)26-10-13-3-2-4-15(21)9-13/h2-9,11H,10H2,1H3,(H,22,23,24). The predicted molar refractivity (Wildman–Crippen MR) is 114 cm³/mol. The summed E-state index contributed by atoms with van der Waals surface area (Å²) in [6.07, 6.45) is 0. The number of fused-ring (bicyclic) bond motifs is 1. The maximum absolute atomic E-state index is 12.7. The van der Waals surface area contributed by atoms with Crippen LogP contribution in [0.15, 0.2) is 68.3 Å². The van der Waals surface area contributed by atoms with E-state index in [2.05, 4.69) is 57.1 Å². The molecule has 0 aliphatic heterocycles. The molecule has 6 heteroatoms. The second-order valence-corrected chi connectivity index (χ2v) is 8.72. The molecule has 0 aliphatic carbocycles. The van der Waals surface area contributed by atoms with Gasteiger partial charge in [-0.25, -0.2) is 4.98 Å². The van der Waals surface area contributed by atoms with Crippen molar-refractivity contribution in [2.45, 2.75) is 17.8 Å². The summed E-state index contributed by atoms with van der Waals surface area (Å²) in [6.45, 7) is 2.05. The minimum atomic E-state index is -0.0800. The van der Waals surface area contributed by atoms with E-state index in [9.17, 15) is 4.79 Å². The molecule has 0 unspecified atom stereocenters. The molecule has 0 atom stereocenters. The Morgan fingerprint density at radius 2 is 2.00 bits per heavy atom. The molecule has 2 aromatic carbocycles. The van der Waals surface area contributed by atoms with Crippen molar-refractivity contribution in [3.05, 3.63) is 79.9 Å². The SMILES string of the molecule is Cc1ccc(-c2csc3nc(SCc4cccc(Br)c4)[nH]c(=O)c23)cc1. The lowest BCUT2D eigenvalue weighted by Crippen LogP contribution is -2.08. The smallest absolute Gasteiger partial charge is 0.260 e. The van der Waals surface area contributed by atoms with E-state index >= 15 is 0 Å². The van der Waals surface area contributed by atoms with Crippen molar-refractivity contribution in [2.24, 2.45) is 0 Å². The lowest BCUT2D eigenvalue weighted by molar-refractivity contribution is 0.980. The van der Waals surface area contributed by atoms with Crippen LogP contribution in [0.2, 0.25) is 0 Å². The van der Waals surface area contributed by atoms with Crippen LogP contribution in [0.4, 0.5) is 0 Å². The number of aromatic amines is 1. The Labute approximate surface area is 167 Å². The van der Waals surface area contributed by atoms with Crippen molar-refractivity contribution in [1.82, 2.24) is 9.97 Å². The van der Waals surface area contributed by atoms with Gasteiger partial charge < -0.3 is 4.98 Å². The maximum Gasteiger partial charge on any atom is 0.260 e. The Kier molecular flexibility index (Phi) is 4.98. The van der Waals surface area contributed by atoms with Gasteiger partial charge in [-0.15, -0.1) is 11.3 Å². The number of nitrogens with one attached hydrogen (secondary N) is 1. The molecule has 3 nitrogen and oxygen atoms in total. The average molecular weight is 443 g/mol. The third kappa shape index (κ3) is 3.63. The van der Waals surface area contributed by atoms with Crippen molar-refractivity contribution in [3.63, 3.8) is 0 Å². The van der Waals surface area contributed by atoms with E-state index < -0.39 is 0 Å². The molecule has 0 saturated carbocycles. The zero-order valence-corrected chi connectivity index (χ0v) is 17.2. The van der Waals surface area contributed by atoms with Crippen molar-refractivity contribution in [2.75, 3.05) is 0 Å². The molecule has 1 N–H and O–H groups in total. The van der Waals surface area contributed by atoms with E-state index in [1.807, 2.05) is 29.6 Å². The third-order valence-electron chi connectivity index (χ3n) is 4.05. The maximum atomic E-state index is 12.7. The predicted octanol–water partition coefficient (Wildman–Crippen LogP) is 6.01. The number of aryl methyl sites for hydroxylation is 1. The highest BCUT2D eigenvalue weighted by Gasteiger charge is 2.13. The van der Waals surface area contributed by atoms with E-state index in [1.54, 1.807) is 0 Å². The lowest BCUT2D eigenvalue weighted by Gasteiger charge is -2.03. The van der Waals surface area contributed by atoms with E-state index in [1.165, 1.54) is 34.2 Å². The van der Waals surface area contributed by atoms with Crippen molar-refractivity contribution >= 4 is 49.2 Å². The van der Waals surface area contributed by atoms with Gasteiger partial charge in [-0.3, -0.25) is 4.79 Å². The summed E-state index contributed by atoms with van der Waals surface area (Å²) in [6, 6.07) is 16.4. The number of aromatic nitrogens is 2. The van der Waals surface area contributed by atoms with Gasteiger partial charge in [0.15, 0.2) is 5.16 Å². The molecule has 0 aliphatic rings. The van der Waals surface area contributed by atoms with Crippen LogP contribution in [-0.4, -0.2) is 9.97 Å². The van der Waals surface area contributed by atoms with Gasteiger partial charge >= 0.3 is 0 Å². The number of thiophene rings is 1. The highest BCUT2D eigenvalue weighted by atomic mass is 79.9. The fraction of sp³-hybridized carbons (Fsp3) is 0.100. The molecule has 0 spiro atoms. The summed E-state index contributed by atoms with van der Waals surface area (Å²) in [5.41, 5.74) is 4.29. The number of halogens is 1. The van der Waals surface area contributed by atoms with Crippen LogP contribution in [-0.2, 0) is 5.75 Å². The topological polar surface area (TPSA) is 45.8 Å². The summed E-state index contributed by atoms with van der Waals surface area (Å²) in [5.74, 6) is 0.754. The second-order valence-electron chi connectivity index (χ2n) is 5.99. The Morgan fingerprint density at radius 1 is 1.19 bits per heavy atom. The highest BCUT2D eigenvalue weighted by Crippen LogP contribution is 2.32. The summed E-state index contributed by atoms with van der Waals surface area (Å²) < 4.78 is 1.05.